The van der Waals surface area contributed by atoms with E-state index < -0.39 is 17.4 Å². The molecule has 11 heteroatoms. The number of hydrogen-bond donors (Lipinski definition) is 1. The van der Waals surface area contributed by atoms with Crippen LogP contribution in [0.3, 0.4) is 0 Å². The van der Waals surface area contributed by atoms with E-state index in [1.54, 1.807) is 30.3 Å². The van der Waals surface area contributed by atoms with E-state index in [1.165, 1.54) is 28.8 Å². The summed E-state index contributed by atoms with van der Waals surface area (Å²) >= 11 is 6.17. The Balaban J connectivity index is 1.47. The number of aryl methyl sites for hydroxylation is 1. The van der Waals surface area contributed by atoms with Crippen LogP contribution in [0.2, 0.25) is 5.02 Å². The van der Waals surface area contributed by atoms with Crippen molar-refractivity contribution in [1.82, 2.24) is 24.3 Å². The number of amides is 1. The number of rotatable bonds is 5. The van der Waals surface area contributed by atoms with E-state index in [0.29, 0.717) is 21.8 Å². The van der Waals surface area contributed by atoms with Crippen molar-refractivity contribution in [3.8, 4) is 22.8 Å². The minimum atomic E-state index is -0.521. The Kier molecular flexibility index (Phi) is 5.42. The van der Waals surface area contributed by atoms with Gasteiger partial charge in [0.25, 0.3) is 5.89 Å². The minimum absolute atomic E-state index is 0.0955. The Labute approximate surface area is 196 Å². The molecule has 0 spiro atoms. The third-order valence-electron chi connectivity index (χ3n) is 5.13. The molecule has 0 saturated carbocycles. The number of nitrogens with one attached hydrogen (secondary N) is 1. The summed E-state index contributed by atoms with van der Waals surface area (Å²) in [5.74, 6) is -0.609. The van der Waals surface area contributed by atoms with Crippen molar-refractivity contribution in [2.45, 2.75) is 13.5 Å². The zero-order valence-electron chi connectivity index (χ0n) is 17.7. The Bertz CT molecular complexity index is 1590. The smallest absolute Gasteiger partial charge is 0.333 e. The van der Waals surface area contributed by atoms with E-state index in [2.05, 4.69) is 20.6 Å². The fourth-order valence-corrected chi connectivity index (χ4v) is 3.76. The van der Waals surface area contributed by atoms with Gasteiger partial charge in [0.2, 0.25) is 11.7 Å². The third kappa shape index (κ3) is 3.95. The van der Waals surface area contributed by atoms with Crippen molar-refractivity contribution in [2.24, 2.45) is 0 Å². The van der Waals surface area contributed by atoms with Crippen molar-refractivity contribution >= 4 is 28.8 Å². The van der Waals surface area contributed by atoms with Crippen molar-refractivity contribution < 1.29 is 13.7 Å². The molecule has 0 aliphatic rings. The SMILES string of the molecule is Cc1cccc(Cl)c1NC(=O)Cn1nc2c(-c3nc(-c4cccc(F)c4)no3)cccn2c1=O. The lowest BCUT2D eigenvalue weighted by Gasteiger charge is -2.09. The number of benzene rings is 2. The van der Waals surface area contributed by atoms with E-state index in [4.69, 9.17) is 16.1 Å². The first-order chi connectivity index (χ1) is 16.4. The summed E-state index contributed by atoms with van der Waals surface area (Å²) in [4.78, 5) is 29.8. The molecule has 3 aromatic heterocycles. The molecule has 170 valence electrons. The molecule has 1 amide bonds. The van der Waals surface area contributed by atoms with Crippen molar-refractivity contribution in [3.05, 3.63) is 87.7 Å². The summed E-state index contributed by atoms with van der Waals surface area (Å²) in [7, 11) is 0. The van der Waals surface area contributed by atoms with E-state index in [1.807, 2.05) is 13.0 Å². The van der Waals surface area contributed by atoms with Crippen molar-refractivity contribution in [1.29, 1.82) is 0 Å². The van der Waals surface area contributed by atoms with Crippen LogP contribution < -0.4 is 11.0 Å². The number of para-hydroxylation sites is 1. The van der Waals surface area contributed by atoms with Crippen LogP contribution in [0.5, 0.6) is 0 Å². The lowest BCUT2D eigenvalue weighted by molar-refractivity contribution is -0.117. The molecule has 0 aliphatic heterocycles. The number of pyridine rings is 1. The number of nitrogens with zero attached hydrogens (tertiary/aromatic N) is 5. The topological polar surface area (TPSA) is 107 Å². The highest BCUT2D eigenvalue weighted by Gasteiger charge is 2.19. The molecular weight excluding hydrogens is 463 g/mol. The Morgan fingerprint density at radius 3 is 2.79 bits per heavy atom. The van der Waals surface area contributed by atoms with Crippen LogP contribution >= 0.6 is 11.6 Å². The summed E-state index contributed by atoms with van der Waals surface area (Å²) in [6, 6.07) is 14.3. The van der Waals surface area contributed by atoms with E-state index in [0.717, 1.165) is 10.2 Å². The van der Waals surface area contributed by atoms with Gasteiger partial charge in [-0.1, -0.05) is 41.0 Å². The van der Waals surface area contributed by atoms with Crippen LogP contribution in [0.1, 0.15) is 5.56 Å². The summed E-state index contributed by atoms with van der Waals surface area (Å²) in [5.41, 5.74) is 1.79. The molecule has 5 rings (SSSR count). The summed E-state index contributed by atoms with van der Waals surface area (Å²) in [6.07, 6.45) is 1.52. The number of hydrogen-bond acceptors (Lipinski definition) is 6. The Hall–Kier alpha value is -4.31. The first kappa shape index (κ1) is 21.5. The summed E-state index contributed by atoms with van der Waals surface area (Å²) in [5, 5.41) is 11.3. The van der Waals surface area contributed by atoms with Crippen LogP contribution in [0, 0.1) is 12.7 Å². The van der Waals surface area contributed by atoms with Gasteiger partial charge in [0.05, 0.1) is 16.3 Å². The van der Waals surface area contributed by atoms with E-state index >= 15 is 0 Å². The van der Waals surface area contributed by atoms with Crippen LogP contribution in [0.4, 0.5) is 10.1 Å². The van der Waals surface area contributed by atoms with E-state index in [9.17, 15) is 14.0 Å². The first-order valence-electron chi connectivity index (χ1n) is 10.1. The second kappa shape index (κ2) is 8.56. The number of aromatic nitrogens is 5. The van der Waals surface area contributed by atoms with E-state index in [-0.39, 0.29) is 23.9 Å². The van der Waals surface area contributed by atoms with Gasteiger partial charge in [-0.05, 0) is 42.8 Å². The van der Waals surface area contributed by atoms with Crippen LogP contribution in [-0.2, 0) is 11.3 Å². The molecule has 0 radical (unpaired) electrons. The lowest BCUT2D eigenvalue weighted by atomic mass is 10.2. The molecule has 0 bridgehead atoms. The molecule has 2 aromatic carbocycles. The lowest BCUT2D eigenvalue weighted by Crippen LogP contribution is -2.28. The van der Waals surface area contributed by atoms with Gasteiger partial charge in [0.1, 0.15) is 12.4 Å². The zero-order chi connectivity index (χ0) is 23.8. The Morgan fingerprint density at radius 1 is 1.18 bits per heavy atom. The average molecular weight is 479 g/mol. The number of fused-ring (bicyclic) bond motifs is 1. The molecule has 0 atom stereocenters. The monoisotopic (exact) mass is 478 g/mol. The predicted octanol–water partition coefficient (Wildman–Crippen LogP) is 3.95. The molecule has 0 fully saturated rings. The minimum Gasteiger partial charge on any atom is -0.333 e. The fourth-order valence-electron chi connectivity index (χ4n) is 3.49. The molecule has 3 heterocycles. The van der Waals surface area contributed by atoms with Crippen LogP contribution in [0.25, 0.3) is 28.5 Å². The van der Waals surface area contributed by atoms with Crippen LogP contribution in [0.15, 0.2) is 70.1 Å². The quantitative estimate of drug-likeness (QED) is 0.410. The maximum Gasteiger partial charge on any atom is 0.350 e. The molecular formula is C23H16ClFN6O3. The number of carbonyl (C=O) groups is 1. The second-order valence-corrected chi connectivity index (χ2v) is 7.88. The molecule has 0 aliphatic carbocycles. The largest absolute Gasteiger partial charge is 0.350 e. The van der Waals surface area contributed by atoms with Gasteiger partial charge >= 0.3 is 5.69 Å². The normalized spacial score (nSPS) is 11.1. The van der Waals surface area contributed by atoms with Gasteiger partial charge in [0.15, 0.2) is 5.65 Å². The van der Waals surface area contributed by atoms with Gasteiger partial charge in [-0.25, -0.2) is 18.3 Å². The predicted molar refractivity (Wildman–Crippen MR) is 123 cm³/mol. The summed E-state index contributed by atoms with van der Waals surface area (Å²) < 4.78 is 21.2. The van der Waals surface area contributed by atoms with Crippen molar-refractivity contribution in [2.75, 3.05) is 5.32 Å². The van der Waals surface area contributed by atoms with Gasteiger partial charge in [0, 0.05) is 11.8 Å². The maximum absolute atomic E-state index is 13.5. The molecule has 1 N–H and O–H groups in total. The van der Waals surface area contributed by atoms with Gasteiger partial charge < -0.3 is 9.84 Å². The fraction of sp³-hybridized carbons (Fsp3) is 0.0870. The molecule has 0 saturated heterocycles. The zero-order valence-corrected chi connectivity index (χ0v) is 18.5. The highest BCUT2D eigenvalue weighted by molar-refractivity contribution is 6.33. The van der Waals surface area contributed by atoms with Gasteiger partial charge in [-0.2, -0.15) is 4.98 Å². The summed E-state index contributed by atoms with van der Waals surface area (Å²) in [6.45, 7) is 1.48. The number of carbonyl (C=O) groups excluding carboxylic acids is 1. The number of halogens is 2. The van der Waals surface area contributed by atoms with Crippen molar-refractivity contribution in [3.63, 3.8) is 0 Å². The second-order valence-electron chi connectivity index (χ2n) is 7.47. The number of anilines is 1. The molecule has 5 aromatic rings. The third-order valence-corrected chi connectivity index (χ3v) is 5.44. The highest BCUT2D eigenvalue weighted by Crippen LogP contribution is 2.26. The molecule has 0 unspecified atom stereocenters. The maximum atomic E-state index is 13.5. The highest BCUT2D eigenvalue weighted by atomic mass is 35.5. The average Bonchev–Trinajstić information content (AvgIpc) is 3.42. The molecule has 9 nitrogen and oxygen atoms in total. The van der Waals surface area contributed by atoms with Crippen LogP contribution in [-0.4, -0.2) is 30.2 Å². The standard InChI is InChI=1S/C23H16ClFN6O3/c1-13-5-2-9-17(24)19(13)26-18(32)12-31-23(33)30-10-4-8-16(21(30)28-31)22-27-20(29-34-22)14-6-3-7-15(25)11-14/h2-11H,12H2,1H3,(H,26,32). The van der Waals surface area contributed by atoms with Gasteiger partial charge in [-0.15, -0.1) is 5.10 Å². The molecule has 34 heavy (non-hydrogen) atoms. The van der Waals surface area contributed by atoms with Gasteiger partial charge in [-0.3, -0.25) is 4.79 Å². The Morgan fingerprint density at radius 2 is 2.00 bits per heavy atom. The first-order valence-corrected chi connectivity index (χ1v) is 10.5.